The van der Waals surface area contributed by atoms with Gasteiger partial charge in [-0.2, -0.15) is 0 Å². The molecule has 30 heavy (non-hydrogen) atoms. The van der Waals surface area contributed by atoms with Crippen molar-refractivity contribution < 1.29 is 9.32 Å². The normalized spacial score (nSPS) is 14.3. The highest BCUT2D eigenvalue weighted by Gasteiger charge is 2.51. The summed E-state index contributed by atoms with van der Waals surface area (Å²) in [6.07, 6.45) is 4.68. The second kappa shape index (κ2) is 7.39. The van der Waals surface area contributed by atoms with Crippen molar-refractivity contribution in [3.8, 4) is 22.5 Å². The molecule has 0 saturated heterocycles. The van der Waals surface area contributed by atoms with Gasteiger partial charge in [0, 0.05) is 16.8 Å². The number of rotatable bonds is 5. The number of anilines is 1. The van der Waals surface area contributed by atoms with E-state index in [1.54, 1.807) is 24.4 Å². The van der Waals surface area contributed by atoms with Gasteiger partial charge in [-0.3, -0.25) is 10.1 Å². The SMILES string of the molecule is O=C(Nc1onc(-c2ccc(Cl)cc2)c1-c1ccncn1)C1(c2ccccc2)CC1. The Morgan fingerprint density at radius 2 is 1.80 bits per heavy atom. The predicted octanol–water partition coefficient (Wildman–Crippen LogP) is 5.12. The molecule has 0 bridgehead atoms. The molecule has 5 rings (SSSR count). The van der Waals surface area contributed by atoms with Gasteiger partial charge in [0.05, 0.1) is 16.7 Å². The summed E-state index contributed by atoms with van der Waals surface area (Å²) in [5.74, 6) is 0.161. The summed E-state index contributed by atoms with van der Waals surface area (Å²) in [4.78, 5) is 21.5. The number of carbonyl (C=O) groups is 1. The van der Waals surface area contributed by atoms with Crippen molar-refractivity contribution in [2.75, 3.05) is 5.32 Å². The summed E-state index contributed by atoms with van der Waals surface area (Å²) in [6, 6.07) is 18.8. The van der Waals surface area contributed by atoms with E-state index >= 15 is 0 Å². The average molecular weight is 417 g/mol. The molecule has 0 radical (unpaired) electrons. The number of halogens is 1. The van der Waals surface area contributed by atoms with Crippen molar-refractivity contribution in [2.45, 2.75) is 18.3 Å². The highest BCUT2D eigenvalue weighted by Crippen LogP contribution is 2.49. The van der Waals surface area contributed by atoms with Crippen LogP contribution in [0.4, 0.5) is 5.88 Å². The largest absolute Gasteiger partial charge is 0.337 e. The van der Waals surface area contributed by atoms with Gasteiger partial charge >= 0.3 is 0 Å². The fourth-order valence-corrected chi connectivity index (χ4v) is 3.73. The van der Waals surface area contributed by atoms with Gasteiger partial charge in [-0.15, -0.1) is 0 Å². The molecule has 7 heteroatoms. The fraction of sp³-hybridized carbons (Fsp3) is 0.130. The number of carbonyl (C=O) groups excluding carboxylic acids is 1. The third-order valence-corrected chi connectivity index (χ3v) is 5.64. The van der Waals surface area contributed by atoms with Crippen LogP contribution in [0.5, 0.6) is 0 Å². The van der Waals surface area contributed by atoms with Crippen molar-refractivity contribution in [1.82, 2.24) is 15.1 Å². The maximum absolute atomic E-state index is 13.2. The second-order valence-electron chi connectivity index (χ2n) is 7.24. The van der Waals surface area contributed by atoms with Gasteiger partial charge < -0.3 is 4.52 Å². The zero-order valence-electron chi connectivity index (χ0n) is 15.9. The zero-order valence-corrected chi connectivity index (χ0v) is 16.6. The fourth-order valence-electron chi connectivity index (χ4n) is 3.61. The monoisotopic (exact) mass is 416 g/mol. The van der Waals surface area contributed by atoms with Crippen LogP contribution in [0, 0.1) is 0 Å². The number of aromatic nitrogens is 3. The van der Waals surface area contributed by atoms with E-state index < -0.39 is 5.41 Å². The number of nitrogens with zero attached hydrogens (tertiary/aromatic N) is 3. The molecule has 6 nitrogen and oxygen atoms in total. The molecule has 148 valence electrons. The first kappa shape index (κ1) is 18.5. The van der Waals surface area contributed by atoms with Gasteiger partial charge in [0.15, 0.2) is 0 Å². The van der Waals surface area contributed by atoms with Gasteiger partial charge in [0.2, 0.25) is 11.8 Å². The van der Waals surface area contributed by atoms with Crippen LogP contribution >= 0.6 is 11.6 Å². The Morgan fingerprint density at radius 3 is 2.47 bits per heavy atom. The lowest BCUT2D eigenvalue weighted by molar-refractivity contribution is -0.118. The highest BCUT2D eigenvalue weighted by molar-refractivity contribution is 6.30. The van der Waals surface area contributed by atoms with Crippen LogP contribution in [-0.4, -0.2) is 21.0 Å². The Labute approximate surface area is 177 Å². The second-order valence-corrected chi connectivity index (χ2v) is 7.68. The molecule has 1 fully saturated rings. The number of hydrogen-bond donors (Lipinski definition) is 1. The van der Waals surface area contributed by atoms with E-state index in [9.17, 15) is 4.79 Å². The molecular weight excluding hydrogens is 400 g/mol. The Kier molecular flexibility index (Phi) is 4.56. The molecule has 0 aliphatic heterocycles. The van der Waals surface area contributed by atoms with Crippen LogP contribution in [0.3, 0.4) is 0 Å². The summed E-state index contributed by atoms with van der Waals surface area (Å²) in [6.45, 7) is 0. The first-order valence-corrected chi connectivity index (χ1v) is 9.94. The highest BCUT2D eigenvalue weighted by atomic mass is 35.5. The van der Waals surface area contributed by atoms with E-state index in [0.717, 1.165) is 24.0 Å². The van der Waals surface area contributed by atoms with Gasteiger partial charge in [-0.25, -0.2) is 9.97 Å². The predicted molar refractivity (Wildman–Crippen MR) is 114 cm³/mol. The number of amides is 1. The topological polar surface area (TPSA) is 80.9 Å². The molecule has 1 saturated carbocycles. The van der Waals surface area contributed by atoms with Crippen LogP contribution in [0.25, 0.3) is 22.5 Å². The molecule has 1 aliphatic rings. The molecule has 0 spiro atoms. The first-order chi connectivity index (χ1) is 14.7. The molecule has 0 unspecified atom stereocenters. The van der Waals surface area contributed by atoms with Crippen LogP contribution in [0.15, 0.2) is 77.7 Å². The molecule has 2 aromatic heterocycles. The molecule has 2 heterocycles. The van der Waals surface area contributed by atoms with Gasteiger partial charge in [-0.05, 0) is 36.6 Å². The maximum Gasteiger partial charge on any atom is 0.241 e. The minimum absolute atomic E-state index is 0.109. The lowest BCUT2D eigenvalue weighted by Gasteiger charge is -2.15. The minimum atomic E-state index is -0.530. The van der Waals surface area contributed by atoms with E-state index in [4.69, 9.17) is 16.1 Å². The summed E-state index contributed by atoms with van der Waals surface area (Å²) in [5, 5.41) is 7.81. The van der Waals surface area contributed by atoms with E-state index in [0.29, 0.717) is 22.0 Å². The summed E-state index contributed by atoms with van der Waals surface area (Å²) in [5.41, 5.74) is 3.07. The van der Waals surface area contributed by atoms with Crippen molar-refractivity contribution in [2.24, 2.45) is 0 Å². The van der Waals surface area contributed by atoms with Gasteiger partial charge in [-0.1, -0.05) is 59.2 Å². The Bertz CT molecular complexity index is 1190. The van der Waals surface area contributed by atoms with Crippen molar-refractivity contribution in [3.05, 3.63) is 83.8 Å². The zero-order chi connectivity index (χ0) is 20.6. The smallest absolute Gasteiger partial charge is 0.241 e. The summed E-state index contributed by atoms with van der Waals surface area (Å²) in [7, 11) is 0. The molecular formula is C23H17ClN4O2. The maximum atomic E-state index is 13.2. The lowest BCUT2D eigenvalue weighted by Crippen LogP contribution is -2.27. The van der Waals surface area contributed by atoms with Gasteiger partial charge in [0.25, 0.3) is 0 Å². The van der Waals surface area contributed by atoms with Crippen LogP contribution in [0.1, 0.15) is 18.4 Å². The van der Waals surface area contributed by atoms with Crippen molar-refractivity contribution >= 4 is 23.4 Å². The Hall–Kier alpha value is -3.51. The lowest BCUT2D eigenvalue weighted by atomic mass is 9.95. The quantitative estimate of drug-likeness (QED) is 0.488. The number of benzene rings is 2. The summed E-state index contributed by atoms with van der Waals surface area (Å²) >= 11 is 6.02. The van der Waals surface area contributed by atoms with E-state index in [2.05, 4.69) is 20.4 Å². The Morgan fingerprint density at radius 1 is 1.03 bits per heavy atom. The van der Waals surface area contributed by atoms with Crippen LogP contribution < -0.4 is 5.32 Å². The standard InChI is InChI=1S/C23H17ClN4O2/c24-17-8-6-15(7-9-17)20-19(18-10-13-25-14-26-18)21(30-28-20)27-22(29)23(11-12-23)16-4-2-1-3-5-16/h1-10,13-14H,11-12H2,(H,27,29). The van der Waals surface area contributed by atoms with E-state index in [1.807, 2.05) is 42.5 Å². The number of nitrogens with one attached hydrogen (secondary N) is 1. The molecule has 1 aliphatic carbocycles. The average Bonchev–Trinajstić information content (AvgIpc) is 3.51. The van der Waals surface area contributed by atoms with Crippen LogP contribution in [-0.2, 0) is 10.2 Å². The number of hydrogen-bond acceptors (Lipinski definition) is 5. The van der Waals surface area contributed by atoms with Gasteiger partial charge in [0.1, 0.15) is 12.0 Å². The summed E-state index contributed by atoms with van der Waals surface area (Å²) < 4.78 is 5.59. The Balaban J connectivity index is 1.54. The molecule has 1 amide bonds. The molecule has 0 atom stereocenters. The van der Waals surface area contributed by atoms with Crippen LogP contribution in [0.2, 0.25) is 5.02 Å². The van der Waals surface area contributed by atoms with E-state index in [1.165, 1.54) is 6.33 Å². The molecule has 4 aromatic rings. The first-order valence-electron chi connectivity index (χ1n) is 9.56. The molecule has 2 aromatic carbocycles. The minimum Gasteiger partial charge on any atom is -0.337 e. The molecule has 1 N–H and O–H groups in total. The van der Waals surface area contributed by atoms with Crippen molar-refractivity contribution in [1.29, 1.82) is 0 Å². The third kappa shape index (κ3) is 3.25. The van der Waals surface area contributed by atoms with Crippen molar-refractivity contribution in [3.63, 3.8) is 0 Å². The third-order valence-electron chi connectivity index (χ3n) is 5.39. The van der Waals surface area contributed by atoms with E-state index in [-0.39, 0.29) is 11.8 Å².